The van der Waals surface area contributed by atoms with Crippen molar-refractivity contribution in [3.8, 4) is 0 Å². The summed E-state index contributed by atoms with van der Waals surface area (Å²) in [7, 11) is 0. The molecule has 0 aromatic heterocycles. The quantitative estimate of drug-likeness (QED) is 0.240. The third kappa shape index (κ3) is 5.15. The molecule has 2 rings (SSSR count). The molecule has 0 bridgehead atoms. The van der Waals surface area contributed by atoms with Crippen molar-refractivity contribution in [2.45, 2.75) is 81.6 Å². The normalized spacial score (nSPS) is 47.1. The van der Waals surface area contributed by atoms with E-state index < -0.39 is 61.0 Å². The third-order valence-electron chi connectivity index (χ3n) is 5.52. The van der Waals surface area contributed by atoms with Crippen molar-refractivity contribution in [2.75, 3.05) is 19.8 Å². The van der Waals surface area contributed by atoms with Crippen LogP contribution < -0.4 is 5.73 Å². The average Bonchev–Trinajstić information content (AvgIpc) is 2.65. The van der Waals surface area contributed by atoms with E-state index in [2.05, 4.69) is 0 Å². The minimum atomic E-state index is -1.43. The SMILES string of the molecule is CC1(CO)OC(CO)C(O)C(O)C1O.CC1C(O)C(CO)OC(C)(C)C1N. The van der Waals surface area contributed by atoms with Gasteiger partial charge in [0.25, 0.3) is 0 Å². The van der Waals surface area contributed by atoms with Gasteiger partial charge in [-0.15, -0.1) is 0 Å². The molecule has 0 spiro atoms. The van der Waals surface area contributed by atoms with Gasteiger partial charge in [0.1, 0.15) is 36.1 Å². The van der Waals surface area contributed by atoms with Crippen LogP contribution in [0.1, 0.15) is 27.7 Å². The van der Waals surface area contributed by atoms with Crippen molar-refractivity contribution in [2.24, 2.45) is 11.7 Å². The van der Waals surface area contributed by atoms with Crippen LogP contribution in [-0.4, -0.2) is 109 Å². The zero-order valence-electron chi connectivity index (χ0n) is 16.3. The number of aliphatic hydroxyl groups excluding tert-OH is 7. The molecule has 9 atom stereocenters. The number of hydrogen-bond donors (Lipinski definition) is 8. The largest absolute Gasteiger partial charge is 0.394 e. The predicted molar refractivity (Wildman–Crippen MR) is 94.7 cm³/mol. The molecular formula is C17H35NO9. The molecule has 10 heteroatoms. The molecule has 0 radical (unpaired) electrons. The van der Waals surface area contributed by atoms with Crippen LogP contribution in [0.4, 0.5) is 0 Å². The molecule has 9 unspecified atom stereocenters. The van der Waals surface area contributed by atoms with Crippen LogP contribution in [-0.2, 0) is 9.47 Å². The molecule has 0 aromatic rings. The van der Waals surface area contributed by atoms with Crippen molar-refractivity contribution < 1.29 is 45.2 Å². The van der Waals surface area contributed by atoms with E-state index in [0.29, 0.717) is 0 Å². The molecule has 0 aromatic carbocycles. The lowest BCUT2D eigenvalue weighted by Gasteiger charge is -2.46. The van der Waals surface area contributed by atoms with Crippen LogP contribution in [0.2, 0.25) is 0 Å². The first-order valence-corrected chi connectivity index (χ1v) is 9.02. The van der Waals surface area contributed by atoms with E-state index in [1.807, 2.05) is 20.8 Å². The minimum absolute atomic E-state index is 0.0547. The topological polar surface area (TPSA) is 186 Å². The van der Waals surface area contributed by atoms with Crippen molar-refractivity contribution in [1.82, 2.24) is 0 Å². The molecule has 0 amide bonds. The first-order valence-electron chi connectivity index (χ1n) is 9.02. The maximum Gasteiger partial charge on any atom is 0.117 e. The standard InChI is InChI=1S/C9H19NO3.C8H16O6/c1-5-7(12)6(4-11)13-9(2,3)8(5)10;1-8(3-10)7(13)6(12)5(11)4(2-9)14-8/h5-8,11-12H,4,10H2,1-3H3;4-7,9-13H,2-3H2,1H3. The maximum atomic E-state index is 9.68. The average molecular weight is 397 g/mol. The lowest BCUT2D eigenvalue weighted by Crippen LogP contribution is -2.65. The van der Waals surface area contributed by atoms with Gasteiger partial charge in [-0.25, -0.2) is 0 Å². The molecule has 0 aliphatic carbocycles. The fourth-order valence-electron chi connectivity index (χ4n) is 3.40. The molecule has 2 saturated heterocycles. The van der Waals surface area contributed by atoms with Crippen molar-refractivity contribution in [3.05, 3.63) is 0 Å². The van der Waals surface area contributed by atoms with Crippen LogP contribution in [0, 0.1) is 5.92 Å². The summed E-state index contributed by atoms with van der Waals surface area (Å²) in [6, 6.07) is -0.203. The Bertz CT molecular complexity index is 462. The zero-order chi connectivity index (χ0) is 21.2. The van der Waals surface area contributed by atoms with E-state index in [-0.39, 0.29) is 18.6 Å². The van der Waals surface area contributed by atoms with Gasteiger partial charge in [0.15, 0.2) is 0 Å². The van der Waals surface area contributed by atoms with E-state index in [1.165, 1.54) is 6.92 Å². The van der Waals surface area contributed by atoms with E-state index in [4.69, 9.17) is 30.5 Å². The monoisotopic (exact) mass is 397 g/mol. The van der Waals surface area contributed by atoms with Crippen LogP contribution in [0.3, 0.4) is 0 Å². The molecule has 162 valence electrons. The Balaban J connectivity index is 0.000000271. The Morgan fingerprint density at radius 1 is 0.815 bits per heavy atom. The summed E-state index contributed by atoms with van der Waals surface area (Å²) in [4.78, 5) is 0. The minimum Gasteiger partial charge on any atom is -0.394 e. The van der Waals surface area contributed by atoms with E-state index in [1.54, 1.807) is 0 Å². The van der Waals surface area contributed by atoms with Gasteiger partial charge in [-0.1, -0.05) is 6.92 Å². The molecule has 2 fully saturated rings. The summed E-state index contributed by atoms with van der Waals surface area (Å²) in [5.41, 5.74) is 4.06. The summed E-state index contributed by atoms with van der Waals surface area (Å²) in [5.74, 6) is -0.0547. The predicted octanol–water partition coefficient (Wildman–Crippen LogP) is -3.31. The van der Waals surface area contributed by atoms with Crippen molar-refractivity contribution in [1.29, 1.82) is 0 Å². The van der Waals surface area contributed by atoms with Crippen molar-refractivity contribution in [3.63, 3.8) is 0 Å². The van der Waals surface area contributed by atoms with E-state index in [0.717, 1.165) is 0 Å². The molecule has 2 aliphatic rings. The van der Waals surface area contributed by atoms with Gasteiger partial charge >= 0.3 is 0 Å². The van der Waals surface area contributed by atoms with Crippen molar-refractivity contribution >= 4 is 0 Å². The fraction of sp³-hybridized carbons (Fsp3) is 1.00. The van der Waals surface area contributed by atoms with Gasteiger partial charge < -0.3 is 51.0 Å². The highest BCUT2D eigenvalue weighted by Crippen LogP contribution is 2.31. The number of nitrogens with two attached hydrogens (primary N) is 1. The molecular weight excluding hydrogens is 362 g/mol. The highest BCUT2D eigenvalue weighted by atomic mass is 16.6. The van der Waals surface area contributed by atoms with Gasteiger partial charge in [0.2, 0.25) is 0 Å². The number of aliphatic hydroxyl groups is 7. The summed E-state index contributed by atoms with van der Waals surface area (Å²) in [6.45, 7) is 5.87. The molecule has 2 aliphatic heterocycles. The van der Waals surface area contributed by atoms with Gasteiger partial charge in [-0.3, -0.25) is 0 Å². The highest BCUT2D eigenvalue weighted by molar-refractivity contribution is 4.99. The summed E-state index contributed by atoms with van der Waals surface area (Å²) in [6.07, 6.45) is -6.35. The summed E-state index contributed by atoms with van der Waals surface area (Å²) >= 11 is 0. The lowest BCUT2D eigenvalue weighted by molar-refractivity contribution is -0.276. The second kappa shape index (κ2) is 9.40. The second-order valence-electron chi connectivity index (χ2n) is 8.05. The Labute approximate surface area is 159 Å². The van der Waals surface area contributed by atoms with Crippen LogP contribution in [0.15, 0.2) is 0 Å². The van der Waals surface area contributed by atoms with Gasteiger partial charge in [-0.2, -0.15) is 0 Å². The van der Waals surface area contributed by atoms with Gasteiger partial charge in [0.05, 0.1) is 31.5 Å². The van der Waals surface area contributed by atoms with E-state index >= 15 is 0 Å². The first kappa shape index (κ1) is 24.6. The Morgan fingerprint density at radius 2 is 1.30 bits per heavy atom. The fourth-order valence-corrected chi connectivity index (χ4v) is 3.40. The van der Waals surface area contributed by atoms with Gasteiger partial charge in [-0.05, 0) is 20.8 Å². The molecule has 2 heterocycles. The molecule has 0 saturated carbocycles. The van der Waals surface area contributed by atoms with Crippen LogP contribution in [0.25, 0.3) is 0 Å². The number of rotatable bonds is 3. The second-order valence-corrected chi connectivity index (χ2v) is 8.05. The van der Waals surface area contributed by atoms with E-state index in [9.17, 15) is 20.4 Å². The smallest absolute Gasteiger partial charge is 0.117 e. The Morgan fingerprint density at radius 3 is 1.74 bits per heavy atom. The maximum absolute atomic E-state index is 9.68. The van der Waals surface area contributed by atoms with Crippen LogP contribution >= 0.6 is 0 Å². The lowest BCUT2D eigenvalue weighted by atomic mass is 9.80. The molecule has 9 N–H and O–H groups in total. The third-order valence-corrected chi connectivity index (χ3v) is 5.52. The first-order chi connectivity index (χ1) is 12.4. The van der Waals surface area contributed by atoms with Gasteiger partial charge in [0, 0.05) is 12.0 Å². The summed E-state index contributed by atoms with van der Waals surface area (Å²) < 4.78 is 10.6. The number of hydrogen-bond acceptors (Lipinski definition) is 10. The Kier molecular flexibility index (Phi) is 8.58. The molecule has 10 nitrogen and oxygen atoms in total. The zero-order valence-corrected chi connectivity index (χ0v) is 16.3. The Hall–Kier alpha value is -0.400. The number of ether oxygens (including phenoxy) is 2. The van der Waals surface area contributed by atoms with Crippen LogP contribution in [0.5, 0.6) is 0 Å². The molecule has 27 heavy (non-hydrogen) atoms. The summed E-state index contributed by atoms with van der Waals surface area (Å²) in [5, 5.41) is 64.7. The highest BCUT2D eigenvalue weighted by Gasteiger charge is 2.50.